The first kappa shape index (κ1) is 17.6. The number of rotatable bonds is 6. The van der Waals surface area contributed by atoms with Crippen molar-refractivity contribution in [3.63, 3.8) is 0 Å². The second-order valence-corrected chi connectivity index (χ2v) is 7.69. The third-order valence-electron chi connectivity index (χ3n) is 3.53. The first-order valence-corrected chi connectivity index (χ1v) is 9.90. The molecule has 2 aromatic heterocycles. The Kier molecular flexibility index (Phi) is 5.83. The SMILES string of the molecule is COc1ccccc1N=c1scc(-c2cccs2)n1N=CCC(C)C. The highest BCUT2D eigenvalue weighted by Crippen LogP contribution is 2.28. The first-order valence-electron chi connectivity index (χ1n) is 8.14. The Labute approximate surface area is 155 Å². The van der Waals surface area contributed by atoms with Gasteiger partial charge in [0.1, 0.15) is 11.4 Å². The number of ether oxygens (including phenoxy) is 1. The van der Waals surface area contributed by atoms with E-state index in [0.717, 1.165) is 28.4 Å². The Bertz CT molecular complexity index is 905. The van der Waals surface area contributed by atoms with Gasteiger partial charge in [-0.15, -0.1) is 22.7 Å². The molecule has 0 spiro atoms. The lowest BCUT2D eigenvalue weighted by Crippen LogP contribution is -2.11. The van der Waals surface area contributed by atoms with E-state index in [-0.39, 0.29) is 0 Å². The molecule has 0 unspecified atom stereocenters. The van der Waals surface area contributed by atoms with Crippen molar-refractivity contribution in [3.8, 4) is 16.3 Å². The van der Waals surface area contributed by atoms with Gasteiger partial charge in [0.15, 0.2) is 0 Å². The standard InChI is InChI=1S/C19H21N3OS2/c1-14(2)10-11-20-22-16(18-9-6-12-24-18)13-25-19(22)21-15-7-4-5-8-17(15)23-3/h4-9,11-14H,10H2,1-3H3. The molecule has 0 saturated carbocycles. The Hall–Kier alpha value is -2.18. The van der Waals surface area contributed by atoms with Gasteiger partial charge >= 0.3 is 0 Å². The molecule has 2 heterocycles. The second-order valence-electron chi connectivity index (χ2n) is 5.90. The van der Waals surface area contributed by atoms with Crippen LogP contribution in [-0.4, -0.2) is 18.0 Å². The van der Waals surface area contributed by atoms with E-state index in [1.54, 1.807) is 29.8 Å². The van der Waals surface area contributed by atoms with Crippen LogP contribution in [0.1, 0.15) is 20.3 Å². The summed E-state index contributed by atoms with van der Waals surface area (Å²) in [6.45, 7) is 4.37. The summed E-state index contributed by atoms with van der Waals surface area (Å²) >= 11 is 3.28. The van der Waals surface area contributed by atoms with E-state index in [2.05, 4.69) is 41.8 Å². The number of thiazole rings is 1. The molecule has 3 aromatic rings. The van der Waals surface area contributed by atoms with Crippen molar-refractivity contribution < 1.29 is 4.74 Å². The van der Waals surface area contributed by atoms with Crippen LogP contribution in [0.4, 0.5) is 5.69 Å². The Morgan fingerprint density at radius 1 is 1.16 bits per heavy atom. The summed E-state index contributed by atoms with van der Waals surface area (Å²) in [6, 6.07) is 11.9. The van der Waals surface area contributed by atoms with Crippen molar-refractivity contribution in [2.45, 2.75) is 20.3 Å². The van der Waals surface area contributed by atoms with Crippen molar-refractivity contribution in [2.75, 3.05) is 7.11 Å². The normalized spacial score (nSPS) is 12.4. The van der Waals surface area contributed by atoms with Crippen molar-refractivity contribution in [2.24, 2.45) is 16.0 Å². The summed E-state index contributed by atoms with van der Waals surface area (Å²) < 4.78 is 7.34. The highest BCUT2D eigenvalue weighted by molar-refractivity contribution is 7.14. The van der Waals surface area contributed by atoms with Crippen LogP contribution >= 0.6 is 22.7 Å². The van der Waals surface area contributed by atoms with Crippen molar-refractivity contribution in [1.82, 2.24) is 4.68 Å². The van der Waals surface area contributed by atoms with E-state index in [4.69, 9.17) is 9.73 Å². The first-order chi connectivity index (χ1) is 12.2. The summed E-state index contributed by atoms with van der Waals surface area (Å²) in [4.78, 5) is 6.79. The molecule has 0 radical (unpaired) electrons. The molecule has 130 valence electrons. The smallest absolute Gasteiger partial charge is 0.211 e. The van der Waals surface area contributed by atoms with Crippen LogP contribution in [-0.2, 0) is 0 Å². The van der Waals surface area contributed by atoms with E-state index in [1.807, 2.05) is 35.2 Å². The number of methoxy groups -OCH3 is 1. The minimum absolute atomic E-state index is 0.572. The Morgan fingerprint density at radius 3 is 2.72 bits per heavy atom. The Balaban J connectivity index is 2.10. The predicted octanol–water partition coefficient (Wildman–Crippen LogP) is 5.40. The molecule has 0 amide bonds. The monoisotopic (exact) mass is 371 g/mol. The fraction of sp³-hybridized carbons (Fsp3) is 0.263. The fourth-order valence-electron chi connectivity index (χ4n) is 2.25. The van der Waals surface area contributed by atoms with Crippen molar-refractivity contribution in [1.29, 1.82) is 0 Å². The van der Waals surface area contributed by atoms with Crippen LogP contribution in [0, 0.1) is 5.92 Å². The highest BCUT2D eigenvalue weighted by atomic mass is 32.1. The maximum atomic E-state index is 5.41. The van der Waals surface area contributed by atoms with Gasteiger partial charge in [-0.1, -0.05) is 32.0 Å². The van der Waals surface area contributed by atoms with Crippen molar-refractivity contribution >= 4 is 34.6 Å². The van der Waals surface area contributed by atoms with Gasteiger partial charge in [-0.3, -0.25) is 0 Å². The number of hydrogen-bond donors (Lipinski definition) is 0. The van der Waals surface area contributed by atoms with Gasteiger partial charge in [-0.2, -0.15) is 5.10 Å². The molecule has 4 nitrogen and oxygen atoms in total. The summed E-state index contributed by atoms with van der Waals surface area (Å²) in [7, 11) is 1.66. The van der Waals surface area contributed by atoms with Crippen LogP contribution in [0.3, 0.4) is 0 Å². The van der Waals surface area contributed by atoms with Crippen LogP contribution in [0.15, 0.2) is 57.3 Å². The number of aromatic nitrogens is 1. The second kappa shape index (κ2) is 8.27. The van der Waals surface area contributed by atoms with Gasteiger partial charge in [0.2, 0.25) is 4.80 Å². The lowest BCUT2D eigenvalue weighted by atomic mass is 10.2. The van der Waals surface area contributed by atoms with Gasteiger partial charge < -0.3 is 4.74 Å². The van der Waals surface area contributed by atoms with E-state index in [1.165, 1.54) is 4.88 Å². The molecule has 0 fully saturated rings. The average molecular weight is 372 g/mol. The molecule has 25 heavy (non-hydrogen) atoms. The maximum Gasteiger partial charge on any atom is 0.211 e. The molecule has 0 N–H and O–H groups in total. The van der Waals surface area contributed by atoms with Crippen LogP contribution < -0.4 is 9.54 Å². The molecule has 0 aliphatic carbocycles. The van der Waals surface area contributed by atoms with E-state index >= 15 is 0 Å². The highest BCUT2D eigenvalue weighted by Gasteiger charge is 2.09. The molecular weight excluding hydrogens is 350 g/mol. The molecule has 0 bridgehead atoms. The molecule has 0 aliphatic heterocycles. The molecule has 3 rings (SSSR count). The summed E-state index contributed by atoms with van der Waals surface area (Å²) in [5.74, 6) is 1.33. The van der Waals surface area contributed by atoms with E-state index in [9.17, 15) is 0 Å². The molecule has 1 aromatic carbocycles. The third-order valence-corrected chi connectivity index (χ3v) is 5.24. The number of nitrogens with zero attached hydrogens (tertiary/aromatic N) is 3. The van der Waals surface area contributed by atoms with E-state index < -0.39 is 0 Å². The van der Waals surface area contributed by atoms with Crippen molar-refractivity contribution in [3.05, 3.63) is 52.0 Å². The quantitative estimate of drug-likeness (QED) is 0.535. The number of para-hydroxylation sites is 2. The topological polar surface area (TPSA) is 38.9 Å². The third kappa shape index (κ3) is 4.27. The lowest BCUT2D eigenvalue weighted by Gasteiger charge is -2.04. The fourth-order valence-corrected chi connectivity index (χ4v) is 3.89. The lowest BCUT2D eigenvalue weighted by molar-refractivity contribution is 0.416. The van der Waals surface area contributed by atoms with Crippen LogP contribution in [0.5, 0.6) is 5.75 Å². The van der Waals surface area contributed by atoms with E-state index in [0.29, 0.717) is 5.92 Å². The average Bonchev–Trinajstić information content (AvgIpc) is 3.25. The number of benzene rings is 1. The zero-order valence-corrected chi connectivity index (χ0v) is 16.2. The minimum Gasteiger partial charge on any atom is -0.494 e. The van der Waals surface area contributed by atoms with Gasteiger partial charge in [0.25, 0.3) is 0 Å². The van der Waals surface area contributed by atoms with Gasteiger partial charge in [0.05, 0.1) is 17.7 Å². The van der Waals surface area contributed by atoms with Crippen LogP contribution in [0.25, 0.3) is 10.6 Å². The minimum atomic E-state index is 0.572. The summed E-state index contributed by atoms with van der Waals surface area (Å²) in [6.07, 6.45) is 2.90. The molecule has 0 aliphatic rings. The predicted molar refractivity (Wildman–Crippen MR) is 107 cm³/mol. The Morgan fingerprint density at radius 2 is 2.00 bits per heavy atom. The number of thiophene rings is 1. The van der Waals surface area contributed by atoms with Gasteiger partial charge in [-0.25, -0.2) is 9.67 Å². The zero-order valence-electron chi connectivity index (χ0n) is 14.5. The molecule has 0 saturated heterocycles. The van der Waals surface area contributed by atoms with Crippen LogP contribution in [0.2, 0.25) is 0 Å². The van der Waals surface area contributed by atoms with Gasteiger partial charge in [-0.05, 0) is 35.9 Å². The zero-order chi connectivity index (χ0) is 17.6. The summed E-state index contributed by atoms with van der Waals surface area (Å²) in [5.41, 5.74) is 1.87. The maximum absolute atomic E-state index is 5.41. The largest absolute Gasteiger partial charge is 0.494 e. The summed E-state index contributed by atoms with van der Waals surface area (Å²) in [5, 5.41) is 8.87. The number of hydrogen-bond acceptors (Lipinski definition) is 5. The van der Waals surface area contributed by atoms with Gasteiger partial charge in [0, 0.05) is 11.6 Å². The molecule has 0 atom stereocenters. The molecule has 6 heteroatoms. The molecular formula is C19H21N3OS2.